The van der Waals surface area contributed by atoms with Gasteiger partial charge in [-0.15, -0.1) is 0 Å². The lowest BCUT2D eigenvalue weighted by atomic mass is 9.94. The summed E-state index contributed by atoms with van der Waals surface area (Å²) in [5.74, 6) is -0.112. The first-order valence-electron chi connectivity index (χ1n) is 11.1. The maximum Gasteiger partial charge on any atom is 0.251 e. The van der Waals surface area contributed by atoms with Crippen LogP contribution in [0.15, 0.2) is 84.1 Å². The Hall–Kier alpha value is -4.10. The zero-order chi connectivity index (χ0) is 24.1. The summed E-state index contributed by atoms with van der Waals surface area (Å²) in [7, 11) is 0. The molecule has 172 valence electrons. The molecule has 1 aromatic heterocycles. The Bertz CT molecular complexity index is 1270. The number of benzene rings is 2. The van der Waals surface area contributed by atoms with Gasteiger partial charge in [-0.1, -0.05) is 36.4 Å². The van der Waals surface area contributed by atoms with Crippen LogP contribution in [0.25, 0.3) is 16.8 Å². The Morgan fingerprint density at radius 2 is 1.71 bits per heavy atom. The summed E-state index contributed by atoms with van der Waals surface area (Å²) in [5.41, 5.74) is 10.8. The molecule has 0 aliphatic carbocycles. The first-order valence-corrected chi connectivity index (χ1v) is 11.1. The number of aromatic nitrogens is 1. The topological polar surface area (TPSA) is 109 Å². The number of carbonyl (C=O) groups is 2. The molecule has 7 heteroatoms. The molecule has 0 bridgehead atoms. The summed E-state index contributed by atoms with van der Waals surface area (Å²) < 4.78 is 0. The molecule has 34 heavy (non-hydrogen) atoms. The van der Waals surface area contributed by atoms with Crippen LogP contribution in [0, 0.1) is 0 Å². The maximum atomic E-state index is 12.5. The molecule has 7 nitrogen and oxygen atoms in total. The number of nitrogens with zero attached hydrogens (tertiary/aromatic N) is 2. The molecule has 2 heterocycles. The molecule has 0 atom stereocenters. The highest BCUT2D eigenvalue weighted by atomic mass is 16.2. The summed E-state index contributed by atoms with van der Waals surface area (Å²) in [4.78, 5) is 33.5. The average Bonchev–Trinajstić information content (AvgIpc) is 3.31. The lowest BCUT2D eigenvalue weighted by Crippen LogP contribution is -2.39. The number of nitrogens with two attached hydrogens (primary N) is 1. The van der Waals surface area contributed by atoms with Gasteiger partial charge in [0.1, 0.15) is 5.84 Å². The summed E-state index contributed by atoms with van der Waals surface area (Å²) >= 11 is 0. The number of amidine groups is 1. The second kappa shape index (κ2) is 9.80. The maximum absolute atomic E-state index is 12.5. The predicted octanol–water partition coefficient (Wildman–Crippen LogP) is 3.63. The smallest absolute Gasteiger partial charge is 0.251 e. The van der Waals surface area contributed by atoms with Crippen LogP contribution >= 0.6 is 0 Å². The molecular weight excluding hydrogens is 426 g/mol. The number of carbonyl (C=O) groups excluding carboxylic acids is 2. The second-order valence-corrected chi connectivity index (χ2v) is 8.70. The molecule has 0 spiro atoms. The number of pyridine rings is 1. The van der Waals surface area contributed by atoms with Gasteiger partial charge in [0.2, 0.25) is 5.91 Å². The third-order valence-corrected chi connectivity index (χ3v) is 5.48. The standard InChI is InChI=1S/C27H27N5O2/c1-27(2,28)22-8-4-7-21(16-22)26(34)30-17-25(33)32-24-10-9-23(31-24)20-6-3-5-19(15-20)18-11-13-29-14-12-18/h3-9,11-16H,10,17,28H2,1-2H3,(H,30,34)(H,31,32,33). The van der Waals surface area contributed by atoms with Crippen LogP contribution in [0.4, 0.5) is 0 Å². The van der Waals surface area contributed by atoms with Crippen molar-refractivity contribution in [2.45, 2.75) is 25.8 Å². The van der Waals surface area contributed by atoms with E-state index in [1.807, 2.05) is 56.3 Å². The molecule has 0 unspecified atom stereocenters. The predicted molar refractivity (Wildman–Crippen MR) is 134 cm³/mol. The van der Waals surface area contributed by atoms with E-state index in [4.69, 9.17) is 5.73 Å². The highest BCUT2D eigenvalue weighted by Gasteiger charge is 2.17. The molecule has 3 aromatic rings. The third-order valence-electron chi connectivity index (χ3n) is 5.48. The van der Waals surface area contributed by atoms with Gasteiger partial charge < -0.3 is 16.4 Å². The first-order chi connectivity index (χ1) is 16.3. The SMILES string of the molecule is CC(C)(N)c1cccc(C(=O)NCC(=O)NC2=NC(c3cccc(-c4ccncc4)c3)=CC2)c1. The van der Waals surface area contributed by atoms with Gasteiger partial charge in [-0.3, -0.25) is 14.6 Å². The van der Waals surface area contributed by atoms with Gasteiger partial charge in [-0.05, 0) is 60.9 Å². The van der Waals surface area contributed by atoms with Gasteiger partial charge >= 0.3 is 0 Å². The van der Waals surface area contributed by atoms with E-state index in [0.29, 0.717) is 17.8 Å². The molecule has 1 aliphatic heterocycles. The number of aliphatic imine (C=N–C) groups is 1. The minimum Gasteiger partial charge on any atom is -0.343 e. The molecule has 0 fully saturated rings. The molecular formula is C27H27N5O2. The fourth-order valence-electron chi connectivity index (χ4n) is 3.62. The molecule has 4 N–H and O–H groups in total. The lowest BCUT2D eigenvalue weighted by Gasteiger charge is -2.19. The van der Waals surface area contributed by atoms with Gasteiger partial charge in [-0.2, -0.15) is 0 Å². The molecule has 0 radical (unpaired) electrons. The van der Waals surface area contributed by atoms with Crippen molar-refractivity contribution in [1.29, 1.82) is 0 Å². The Labute approximate surface area is 198 Å². The van der Waals surface area contributed by atoms with Crippen molar-refractivity contribution in [2.75, 3.05) is 6.54 Å². The van der Waals surface area contributed by atoms with Crippen LogP contribution in [-0.4, -0.2) is 29.2 Å². The quantitative estimate of drug-likeness (QED) is 0.529. The monoisotopic (exact) mass is 453 g/mol. The minimum absolute atomic E-state index is 0.152. The van der Waals surface area contributed by atoms with Crippen molar-refractivity contribution in [3.8, 4) is 11.1 Å². The zero-order valence-corrected chi connectivity index (χ0v) is 19.2. The highest BCUT2D eigenvalue weighted by Crippen LogP contribution is 2.26. The Balaban J connectivity index is 1.34. The lowest BCUT2D eigenvalue weighted by molar-refractivity contribution is -0.118. The van der Waals surface area contributed by atoms with E-state index < -0.39 is 5.54 Å². The molecule has 0 saturated carbocycles. The van der Waals surface area contributed by atoms with Gasteiger partial charge in [0.15, 0.2) is 0 Å². The van der Waals surface area contributed by atoms with E-state index in [0.717, 1.165) is 28.0 Å². The second-order valence-electron chi connectivity index (χ2n) is 8.70. The molecule has 2 aromatic carbocycles. The fourth-order valence-corrected chi connectivity index (χ4v) is 3.62. The van der Waals surface area contributed by atoms with E-state index >= 15 is 0 Å². The van der Waals surface area contributed by atoms with Crippen LogP contribution in [-0.2, 0) is 10.3 Å². The Morgan fingerprint density at radius 3 is 2.47 bits per heavy atom. The number of hydrogen-bond acceptors (Lipinski definition) is 5. The largest absolute Gasteiger partial charge is 0.343 e. The van der Waals surface area contributed by atoms with Crippen molar-refractivity contribution in [2.24, 2.45) is 10.7 Å². The van der Waals surface area contributed by atoms with Gasteiger partial charge in [0.25, 0.3) is 5.91 Å². The first kappa shape index (κ1) is 23.1. The Kier molecular flexibility index (Phi) is 6.65. The molecule has 4 rings (SSSR count). The van der Waals surface area contributed by atoms with Crippen molar-refractivity contribution >= 4 is 23.3 Å². The van der Waals surface area contributed by atoms with Gasteiger partial charge in [0, 0.05) is 35.5 Å². The van der Waals surface area contributed by atoms with Crippen LogP contribution in [0.5, 0.6) is 0 Å². The van der Waals surface area contributed by atoms with Crippen molar-refractivity contribution in [3.63, 3.8) is 0 Å². The van der Waals surface area contributed by atoms with Crippen LogP contribution in [0.2, 0.25) is 0 Å². The average molecular weight is 454 g/mol. The summed E-state index contributed by atoms with van der Waals surface area (Å²) in [6, 6.07) is 19.1. The van der Waals surface area contributed by atoms with E-state index in [1.165, 1.54) is 0 Å². The van der Waals surface area contributed by atoms with Crippen molar-refractivity contribution in [1.82, 2.24) is 15.6 Å². The number of hydrogen-bond donors (Lipinski definition) is 3. The minimum atomic E-state index is -0.559. The van der Waals surface area contributed by atoms with E-state index in [-0.39, 0.29) is 18.4 Å². The summed E-state index contributed by atoms with van der Waals surface area (Å²) in [6.07, 6.45) is 6.01. The van der Waals surface area contributed by atoms with E-state index in [2.05, 4.69) is 26.7 Å². The Morgan fingerprint density at radius 1 is 0.971 bits per heavy atom. The van der Waals surface area contributed by atoms with Crippen molar-refractivity contribution in [3.05, 3.63) is 95.8 Å². The number of rotatable bonds is 6. The number of nitrogens with one attached hydrogen (secondary N) is 2. The van der Waals surface area contributed by atoms with E-state index in [1.54, 1.807) is 30.6 Å². The van der Waals surface area contributed by atoms with E-state index in [9.17, 15) is 9.59 Å². The van der Waals surface area contributed by atoms with Gasteiger partial charge in [-0.25, -0.2) is 4.99 Å². The molecule has 2 amide bonds. The third kappa shape index (κ3) is 5.63. The molecule has 1 aliphatic rings. The van der Waals surface area contributed by atoms with Crippen LogP contribution in [0.1, 0.15) is 41.8 Å². The summed E-state index contributed by atoms with van der Waals surface area (Å²) in [5, 5.41) is 5.43. The molecule has 0 saturated heterocycles. The normalized spacial score (nSPS) is 13.1. The summed E-state index contributed by atoms with van der Waals surface area (Å²) in [6.45, 7) is 3.59. The number of amides is 2. The van der Waals surface area contributed by atoms with Crippen LogP contribution < -0.4 is 16.4 Å². The zero-order valence-electron chi connectivity index (χ0n) is 19.2. The van der Waals surface area contributed by atoms with Crippen LogP contribution in [0.3, 0.4) is 0 Å². The fraction of sp³-hybridized carbons (Fsp3) is 0.185. The van der Waals surface area contributed by atoms with Gasteiger partial charge in [0.05, 0.1) is 12.2 Å². The highest BCUT2D eigenvalue weighted by molar-refractivity contribution is 6.05. The van der Waals surface area contributed by atoms with Crippen molar-refractivity contribution < 1.29 is 9.59 Å².